The van der Waals surface area contributed by atoms with Gasteiger partial charge < -0.3 is 18.9 Å². The van der Waals surface area contributed by atoms with Crippen molar-refractivity contribution < 1.29 is 44.1 Å². The third-order valence-corrected chi connectivity index (χ3v) is 9.77. The van der Waals surface area contributed by atoms with Gasteiger partial charge in [-0.25, -0.2) is 0 Å². The summed E-state index contributed by atoms with van der Waals surface area (Å²) < 4.78 is 83.2. The van der Waals surface area contributed by atoms with Crippen LogP contribution in [0.1, 0.15) is 33.5 Å². The number of ether oxygens (including phenoxy) is 4. The maximum absolute atomic E-state index is 12.4. The third-order valence-electron chi connectivity index (χ3n) is 6.05. The summed E-state index contributed by atoms with van der Waals surface area (Å²) in [7, 11) is -7.81. The molecule has 0 spiro atoms. The van der Waals surface area contributed by atoms with Crippen molar-refractivity contribution in [2.75, 3.05) is 26.4 Å². The summed E-state index contributed by atoms with van der Waals surface area (Å²) >= 11 is 1.36. The van der Waals surface area contributed by atoms with E-state index in [-0.39, 0.29) is 36.2 Å². The van der Waals surface area contributed by atoms with Gasteiger partial charge in [0, 0.05) is 0 Å². The Morgan fingerprint density at radius 3 is 1.44 bits per heavy atom. The molecule has 210 valence electrons. The predicted octanol–water partition coefficient (Wildman–Crippen LogP) is 4.00. The largest absolute Gasteiger partial charge is 0.345 e. The van der Waals surface area contributed by atoms with Crippen LogP contribution in [0, 0.1) is 13.8 Å². The van der Waals surface area contributed by atoms with E-state index in [1.54, 1.807) is 24.3 Å². The second kappa shape index (κ2) is 11.7. The first kappa shape index (κ1) is 28.3. The van der Waals surface area contributed by atoms with Gasteiger partial charge in [0.1, 0.15) is 12.2 Å². The molecule has 2 aliphatic rings. The van der Waals surface area contributed by atoms with E-state index >= 15 is 0 Å². The normalized spacial score (nSPS) is 23.8. The highest BCUT2D eigenvalue weighted by Crippen LogP contribution is 2.37. The van der Waals surface area contributed by atoms with Gasteiger partial charge in [0.05, 0.1) is 46.0 Å². The molecule has 3 aromatic rings. The second-order valence-corrected chi connectivity index (χ2v) is 13.6. The molecule has 2 saturated heterocycles. The predicted molar refractivity (Wildman–Crippen MR) is 140 cm³/mol. The summed E-state index contributed by atoms with van der Waals surface area (Å²) in [5.41, 5.74) is 1.89. The Morgan fingerprint density at radius 2 is 1.05 bits per heavy atom. The Bertz CT molecular complexity index is 1370. The maximum Gasteiger partial charge on any atom is 0.297 e. The zero-order chi connectivity index (χ0) is 27.6. The van der Waals surface area contributed by atoms with E-state index < -0.39 is 45.0 Å². The fourth-order valence-electron chi connectivity index (χ4n) is 3.87. The molecular formula is C26H28O10S3. The highest BCUT2D eigenvalue weighted by molar-refractivity contribution is 7.87. The molecule has 4 unspecified atom stereocenters. The van der Waals surface area contributed by atoms with E-state index in [0.717, 1.165) is 20.9 Å². The molecule has 0 bridgehead atoms. The van der Waals surface area contributed by atoms with Gasteiger partial charge in [-0.15, -0.1) is 11.3 Å². The number of hydrogen-bond acceptors (Lipinski definition) is 11. The first-order valence-corrected chi connectivity index (χ1v) is 15.8. The van der Waals surface area contributed by atoms with Crippen LogP contribution >= 0.6 is 11.3 Å². The Hall–Kier alpha value is -2.20. The van der Waals surface area contributed by atoms with Crippen molar-refractivity contribution in [2.24, 2.45) is 0 Å². The summed E-state index contributed by atoms with van der Waals surface area (Å²) in [6, 6.07) is 16.4. The Kier molecular flexibility index (Phi) is 8.52. The molecule has 0 N–H and O–H groups in total. The van der Waals surface area contributed by atoms with E-state index in [9.17, 15) is 16.8 Å². The maximum atomic E-state index is 12.4. The van der Waals surface area contributed by atoms with E-state index in [1.165, 1.54) is 35.6 Å². The van der Waals surface area contributed by atoms with Crippen molar-refractivity contribution in [3.63, 3.8) is 0 Å². The second-order valence-electron chi connectivity index (χ2n) is 9.19. The highest BCUT2D eigenvalue weighted by Gasteiger charge is 2.34. The lowest BCUT2D eigenvalue weighted by Crippen LogP contribution is -2.21. The molecule has 2 aliphatic heterocycles. The lowest BCUT2D eigenvalue weighted by atomic mass is 10.2. The molecule has 2 fully saturated rings. The van der Waals surface area contributed by atoms with Gasteiger partial charge in [-0.2, -0.15) is 16.8 Å². The average molecular weight is 597 g/mol. The Labute approximate surface area is 231 Å². The minimum atomic E-state index is -3.90. The Morgan fingerprint density at radius 1 is 0.667 bits per heavy atom. The van der Waals surface area contributed by atoms with E-state index in [4.69, 9.17) is 27.3 Å². The molecular weight excluding hydrogens is 568 g/mol. The lowest BCUT2D eigenvalue weighted by molar-refractivity contribution is -0.0640. The monoisotopic (exact) mass is 596 g/mol. The first-order valence-electron chi connectivity index (χ1n) is 12.1. The van der Waals surface area contributed by atoms with Crippen molar-refractivity contribution in [1.82, 2.24) is 0 Å². The molecule has 5 rings (SSSR count). The lowest BCUT2D eigenvalue weighted by Gasteiger charge is -2.12. The molecule has 39 heavy (non-hydrogen) atoms. The summed E-state index contributed by atoms with van der Waals surface area (Å²) in [5, 5.41) is 0. The third kappa shape index (κ3) is 6.93. The minimum absolute atomic E-state index is 0.0829. The number of thiophene rings is 1. The van der Waals surface area contributed by atoms with Gasteiger partial charge >= 0.3 is 0 Å². The molecule has 0 radical (unpaired) electrons. The van der Waals surface area contributed by atoms with Gasteiger partial charge in [0.2, 0.25) is 0 Å². The molecule has 0 aliphatic carbocycles. The molecule has 13 heteroatoms. The van der Waals surface area contributed by atoms with Gasteiger partial charge in [0.25, 0.3) is 20.2 Å². The number of aryl methyl sites for hydroxylation is 2. The first-order chi connectivity index (χ1) is 18.6. The van der Waals surface area contributed by atoms with Crippen molar-refractivity contribution in [3.8, 4) is 0 Å². The average Bonchev–Trinajstić information content (AvgIpc) is 3.68. The van der Waals surface area contributed by atoms with Gasteiger partial charge in [-0.3, -0.25) is 8.37 Å². The summed E-state index contributed by atoms with van der Waals surface area (Å²) in [6.07, 6.45) is -2.48. The standard InChI is InChI=1S/C26H28O10S3/c1-17-3-7-21(8-4-17)38(27,28)33-15-19-13-31-25(35-19)23-11-12-24(37-23)26-32-14-20(36-26)16-34-39(29,30)22-9-5-18(2)6-10-22/h3-12,19-20,25-26H,13-16H2,1-2H3. The molecule has 1 aromatic heterocycles. The van der Waals surface area contributed by atoms with Crippen LogP contribution in [-0.4, -0.2) is 55.5 Å². The van der Waals surface area contributed by atoms with Crippen LogP contribution in [-0.2, 0) is 47.5 Å². The SMILES string of the molecule is Cc1ccc(S(=O)(=O)OCC2COC(c3ccc(C4OCC(COS(=O)(=O)c5ccc(C)cc5)O4)s3)O2)cc1. The molecule has 2 aromatic carbocycles. The molecule has 3 heterocycles. The molecule has 4 atom stereocenters. The number of hydrogen-bond donors (Lipinski definition) is 0. The molecule has 0 amide bonds. The van der Waals surface area contributed by atoms with Gasteiger partial charge in [0.15, 0.2) is 12.6 Å². The fraction of sp³-hybridized carbons (Fsp3) is 0.385. The number of rotatable bonds is 10. The van der Waals surface area contributed by atoms with Crippen LogP contribution in [0.25, 0.3) is 0 Å². The van der Waals surface area contributed by atoms with E-state index in [1.807, 2.05) is 26.0 Å². The zero-order valence-corrected chi connectivity index (χ0v) is 23.7. The van der Waals surface area contributed by atoms with Gasteiger partial charge in [-0.1, -0.05) is 35.4 Å². The van der Waals surface area contributed by atoms with E-state index in [0.29, 0.717) is 0 Å². The Balaban J connectivity index is 1.10. The van der Waals surface area contributed by atoms with Crippen LogP contribution in [0.2, 0.25) is 0 Å². The van der Waals surface area contributed by atoms with Crippen molar-refractivity contribution in [3.05, 3.63) is 81.5 Å². The highest BCUT2D eigenvalue weighted by atomic mass is 32.2. The minimum Gasteiger partial charge on any atom is -0.345 e. The summed E-state index contributed by atoms with van der Waals surface area (Å²) in [4.78, 5) is 1.67. The zero-order valence-electron chi connectivity index (χ0n) is 21.2. The molecule has 0 saturated carbocycles. The van der Waals surface area contributed by atoms with Crippen LogP contribution < -0.4 is 0 Å². The van der Waals surface area contributed by atoms with Gasteiger partial charge in [-0.05, 0) is 50.2 Å². The van der Waals surface area contributed by atoms with Crippen LogP contribution in [0.5, 0.6) is 0 Å². The quantitative estimate of drug-likeness (QED) is 0.317. The smallest absolute Gasteiger partial charge is 0.297 e. The van der Waals surface area contributed by atoms with Crippen molar-refractivity contribution in [1.29, 1.82) is 0 Å². The fourth-order valence-corrected chi connectivity index (χ4v) is 6.72. The van der Waals surface area contributed by atoms with E-state index in [2.05, 4.69) is 0 Å². The summed E-state index contributed by atoms with van der Waals surface area (Å²) in [6.45, 7) is 3.74. The number of benzene rings is 2. The van der Waals surface area contributed by atoms with Crippen LogP contribution in [0.15, 0.2) is 70.5 Å². The van der Waals surface area contributed by atoms with Crippen molar-refractivity contribution >= 4 is 31.6 Å². The molecule has 10 nitrogen and oxygen atoms in total. The summed E-state index contributed by atoms with van der Waals surface area (Å²) in [5.74, 6) is 0. The topological polar surface area (TPSA) is 124 Å². The van der Waals surface area contributed by atoms with Crippen molar-refractivity contribution in [2.45, 2.75) is 48.4 Å². The van der Waals surface area contributed by atoms with Crippen LogP contribution in [0.3, 0.4) is 0 Å². The van der Waals surface area contributed by atoms with Crippen LogP contribution in [0.4, 0.5) is 0 Å².